The quantitative estimate of drug-likeness (QED) is 0.804. The molecule has 3 unspecified atom stereocenters. The van der Waals surface area contributed by atoms with E-state index in [2.05, 4.69) is 32.0 Å². The van der Waals surface area contributed by atoms with Gasteiger partial charge < -0.3 is 5.73 Å². The second-order valence-corrected chi connectivity index (χ2v) is 5.93. The number of rotatable bonds is 2. The van der Waals surface area contributed by atoms with Gasteiger partial charge in [-0.3, -0.25) is 0 Å². The number of fused-ring (bicyclic) bond motifs is 1. The minimum atomic E-state index is 0.270. The van der Waals surface area contributed by atoms with Crippen LogP contribution in [0, 0.1) is 31.6 Å². The Morgan fingerprint density at radius 3 is 2.12 bits per heavy atom. The third-order valence-electron chi connectivity index (χ3n) is 4.42. The first-order chi connectivity index (χ1) is 7.63. The van der Waals surface area contributed by atoms with Crippen LogP contribution >= 0.6 is 0 Å². The molecular weight excluding hydrogens is 194 g/mol. The van der Waals surface area contributed by atoms with E-state index in [9.17, 15) is 0 Å². The highest BCUT2D eigenvalue weighted by atomic mass is 14.7. The Morgan fingerprint density at radius 2 is 1.56 bits per heavy atom. The molecule has 0 aliphatic heterocycles. The van der Waals surface area contributed by atoms with Gasteiger partial charge in [-0.1, -0.05) is 29.3 Å². The molecule has 0 radical (unpaired) electrons. The van der Waals surface area contributed by atoms with Crippen LogP contribution in [0.2, 0.25) is 0 Å². The molecule has 3 atom stereocenters. The van der Waals surface area contributed by atoms with Crippen molar-refractivity contribution in [1.29, 1.82) is 0 Å². The summed E-state index contributed by atoms with van der Waals surface area (Å²) < 4.78 is 0. The van der Waals surface area contributed by atoms with Gasteiger partial charge in [-0.05, 0) is 56.4 Å². The predicted octanol–water partition coefficient (Wildman–Crippen LogP) is 3.35. The molecule has 0 bridgehead atoms. The van der Waals surface area contributed by atoms with Crippen LogP contribution in [0.15, 0.2) is 18.2 Å². The SMILES string of the molecule is Cc1cc(C)cc(C(N)C2CC3CC3C2)c1. The largest absolute Gasteiger partial charge is 0.324 e. The highest BCUT2D eigenvalue weighted by Gasteiger charge is 2.47. The van der Waals surface area contributed by atoms with Crippen molar-refractivity contribution in [3.05, 3.63) is 34.9 Å². The summed E-state index contributed by atoms with van der Waals surface area (Å²) >= 11 is 0. The lowest BCUT2D eigenvalue weighted by molar-refractivity contribution is 0.404. The second kappa shape index (κ2) is 3.59. The molecule has 1 aromatic rings. The highest BCUT2D eigenvalue weighted by Crippen LogP contribution is 2.56. The molecule has 0 aromatic heterocycles. The normalized spacial score (nSPS) is 33.6. The van der Waals surface area contributed by atoms with E-state index in [4.69, 9.17) is 5.73 Å². The van der Waals surface area contributed by atoms with E-state index in [-0.39, 0.29) is 6.04 Å². The van der Waals surface area contributed by atoms with Gasteiger partial charge >= 0.3 is 0 Å². The van der Waals surface area contributed by atoms with E-state index in [1.165, 1.54) is 36.0 Å². The van der Waals surface area contributed by atoms with Crippen molar-refractivity contribution in [3.63, 3.8) is 0 Å². The molecule has 0 heterocycles. The van der Waals surface area contributed by atoms with Crippen molar-refractivity contribution in [3.8, 4) is 0 Å². The molecule has 1 heteroatoms. The van der Waals surface area contributed by atoms with Gasteiger partial charge in [-0.2, -0.15) is 0 Å². The summed E-state index contributed by atoms with van der Waals surface area (Å²) in [6, 6.07) is 7.03. The summed E-state index contributed by atoms with van der Waals surface area (Å²) in [5.74, 6) is 2.80. The van der Waals surface area contributed by atoms with E-state index in [0.717, 1.165) is 17.8 Å². The molecule has 2 fully saturated rings. The Labute approximate surface area is 98.0 Å². The van der Waals surface area contributed by atoms with Crippen LogP contribution in [-0.2, 0) is 0 Å². The molecule has 2 aliphatic carbocycles. The lowest BCUT2D eigenvalue weighted by Crippen LogP contribution is -2.20. The van der Waals surface area contributed by atoms with Crippen LogP contribution in [0.1, 0.15) is 42.0 Å². The molecule has 1 nitrogen and oxygen atoms in total. The van der Waals surface area contributed by atoms with E-state index >= 15 is 0 Å². The number of hydrogen-bond acceptors (Lipinski definition) is 1. The Balaban J connectivity index is 1.80. The average Bonchev–Trinajstić information content (AvgIpc) is 2.83. The summed E-state index contributed by atoms with van der Waals surface area (Å²) in [6.07, 6.45) is 4.23. The lowest BCUT2D eigenvalue weighted by Gasteiger charge is -2.21. The van der Waals surface area contributed by atoms with Gasteiger partial charge in [0.15, 0.2) is 0 Å². The number of aryl methyl sites for hydroxylation is 2. The first-order valence-corrected chi connectivity index (χ1v) is 6.47. The number of hydrogen-bond donors (Lipinski definition) is 1. The van der Waals surface area contributed by atoms with E-state index in [1.807, 2.05) is 0 Å². The van der Waals surface area contributed by atoms with Crippen LogP contribution in [0.4, 0.5) is 0 Å². The first-order valence-electron chi connectivity index (χ1n) is 6.47. The Bertz CT molecular complexity index is 380. The van der Waals surface area contributed by atoms with Crippen molar-refractivity contribution in [1.82, 2.24) is 0 Å². The zero-order valence-electron chi connectivity index (χ0n) is 10.2. The monoisotopic (exact) mass is 215 g/mol. The van der Waals surface area contributed by atoms with Crippen molar-refractivity contribution in [2.45, 2.75) is 39.2 Å². The van der Waals surface area contributed by atoms with Crippen molar-refractivity contribution < 1.29 is 0 Å². The molecule has 0 spiro atoms. The van der Waals surface area contributed by atoms with E-state index in [1.54, 1.807) is 0 Å². The smallest absolute Gasteiger partial charge is 0.0323 e. The average molecular weight is 215 g/mol. The van der Waals surface area contributed by atoms with Gasteiger partial charge in [0, 0.05) is 6.04 Å². The summed E-state index contributed by atoms with van der Waals surface area (Å²) in [6.45, 7) is 4.32. The summed E-state index contributed by atoms with van der Waals surface area (Å²) in [5.41, 5.74) is 10.5. The highest BCUT2D eigenvalue weighted by molar-refractivity contribution is 5.31. The Kier molecular flexibility index (Phi) is 2.32. The fraction of sp³-hybridized carbons (Fsp3) is 0.600. The summed E-state index contributed by atoms with van der Waals surface area (Å²) in [7, 11) is 0. The topological polar surface area (TPSA) is 26.0 Å². The fourth-order valence-electron chi connectivity index (χ4n) is 3.53. The minimum Gasteiger partial charge on any atom is -0.324 e. The standard InChI is InChI=1S/C15H21N/c1-9-3-10(2)5-13(4-9)15(16)14-7-11-6-12(11)8-14/h3-5,11-12,14-15H,6-8,16H2,1-2H3. The summed E-state index contributed by atoms with van der Waals surface area (Å²) in [4.78, 5) is 0. The fourth-order valence-corrected chi connectivity index (χ4v) is 3.53. The van der Waals surface area contributed by atoms with Crippen molar-refractivity contribution >= 4 is 0 Å². The maximum absolute atomic E-state index is 6.42. The molecule has 0 amide bonds. The molecule has 2 aliphatic rings. The lowest BCUT2D eigenvalue weighted by atomic mass is 9.88. The van der Waals surface area contributed by atoms with Gasteiger partial charge in [-0.25, -0.2) is 0 Å². The van der Waals surface area contributed by atoms with Gasteiger partial charge in [-0.15, -0.1) is 0 Å². The second-order valence-electron chi connectivity index (χ2n) is 5.93. The molecular formula is C15H21N. The molecule has 2 N–H and O–H groups in total. The van der Waals surface area contributed by atoms with Gasteiger partial charge in [0.05, 0.1) is 0 Å². The van der Waals surface area contributed by atoms with Crippen molar-refractivity contribution in [2.24, 2.45) is 23.5 Å². The van der Waals surface area contributed by atoms with E-state index in [0.29, 0.717) is 0 Å². The van der Waals surface area contributed by atoms with Crippen molar-refractivity contribution in [2.75, 3.05) is 0 Å². The first kappa shape index (κ1) is 10.3. The maximum atomic E-state index is 6.42. The molecule has 2 saturated carbocycles. The zero-order chi connectivity index (χ0) is 11.3. The van der Waals surface area contributed by atoms with Crippen LogP contribution < -0.4 is 5.73 Å². The Morgan fingerprint density at radius 1 is 1.00 bits per heavy atom. The van der Waals surface area contributed by atoms with E-state index < -0.39 is 0 Å². The zero-order valence-corrected chi connectivity index (χ0v) is 10.2. The van der Waals surface area contributed by atoms with Crippen LogP contribution in [-0.4, -0.2) is 0 Å². The Hall–Kier alpha value is -0.820. The van der Waals surface area contributed by atoms with Crippen LogP contribution in [0.25, 0.3) is 0 Å². The maximum Gasteiger partial charge on any atom is 0.0323 e. The molecule has 3 rings (SSSR count). The van der Waals surface area contributed by atoms with Crippen LogP contribution in [0.5, 0.6) is 0 Å². The number of benzene rings is 1. The molecule has 86 valence electrons. The summed E-state index contributed by atoms with van der Waals surface area (Å²) in [5, 5.41) is 0. The molecule has 1 aromatic carbocycles. The van der Waals surface area contributed by atoms with Gasteiger partial charge in [0.1, 0.15) is 0 Å². The van der Waals surface area contributed by atoms with Crippen LogP contribution in [0.3, 0.4) is 0 Å². The predicted molar refractivity (Wildman–Crippen MR) is 67.2 cm³/mol. The third kappa shape index (κ3) is 1.78. The minimum absolute atomic E-state index is 0.270. The van der Waals surface area contributed by atoms with Gasteiger partial charge in [0.2, 0.25) is 0 Å². The number of nitrogens with two attached hydrogens (primary N) is 1. The molecule has 16 heavy (non-hydrogen) atoms. The third-order valence-corrected chi connectivity index (χ3v) is 4.42. The van der Waals surface area contributed by atoms with Gasteiger partial charge in [0.25, 0.3) is 0 Å². The molecule has 0 saturated heterocycles.